The van der Waals surface area contributed by atoms with Crippen molar-refractivity contribution in [3.05, 3.63) is 47.5 Å². The van der Waals surface area contributed by atoms with E-state index in [0.717, 1.165) is 11.1 Å². The third kappa shape index (κ3) is 3.87. The fourth-order valence-corrected chi connectivity index (χ4v) is 2.43. The molecule has 0 saturated heterocycles. The lowest BCUT2D eigenvalue weighted by molar-refractivity contribution is 0.135. The molecule has 0 atom stereocenters. The molecule has 5 heteroatoms. The molecule has 0 bridgehead atoms. The van der Waals surface area contributed by atoms with Gasteiger partial charge in [-0.15, -0.1) is 0 Å². The lowest BCUT2D eigenvalue weighted by atomic mass is 10.00. The SMILES string of the molecule is COc1cc(OC)cc(C(OC)c2cc(OC)cc(OC)c2)c1. The number of hydrogen-bond acceptors (Lipinski definition) is 5. The van der Waals surface area contributed by atoms with E-state index >= 15 is 0 Å². The van der Waals surface area contributed by atoms with Crippen LogP contribution in [-0.2, 0) is 4.74 Å². The number of methoxy groups -OCH3 is 5. The van der Waals surface area contributed by atoms with Crippen LogP contribution in [0, 0.1) is 0 Å². The number of hydrogen-bond donors (Lipinski definition) is 0. The second-order valence-electron chi connectivity index (χ2n) is 4.91. The zero-order valence-corrected chi connectivity index (χ0v) is 14.1. The van der Waals surface area contributed by atoms with Gasteiger partial charge in [0.1, 0.15) is 29.1 Å². The molecular formula is C18H22O5. The molecule has 0 aromatic heterocycles. The Balaban J connectivity index is 2.51. The third-order valence-electron chi connectivity index (χ3n) is 3.59. The predicted molar refractivity (Wildman–Crippen MR) is 87.9 cm³/mol. The molecule has 5 nitrogen and oxygen atoms in total. The molecule has 0 unspecified atom stereocenters. The Morgan fingerprint density at radius 2 is 0.826 bits per heavy atom. The summed E-state index contributed by atoms with van der Waals surface area (Å²) in [5.41, 5.74) is 1.83. The minimum atomic E-state index is -0.303. The molecule has 2 rings (SSSR count). The van der Waals surface area contributed by atoms with Crippen LogP contribution in [0.4, 0.5) is 0 Å². The normalized spacial score (nSPS) is 10.5. The highest BCUT2D eigenvalue weighted by atomic mass is 16.5. The van der Waals surface area contributed by atoms with Crippen LogP contribution in [0.5, 0.6) is 23.0 Å². The molecule has 0 saturated carbocycles. The Labute approximate surface area is 136 Å². The Bertz CT molecular complexity index is 554. The highest BCUT2D eigenvalue weighted by molar-refractivity contribution is 5.46. The van der Waals surface area contributed by atoms with E-state index in [4.69, 9.17) is 23.7 Å². The average molecular weight is 318 g/mol. The van der Waals surface area contributed by atoms with Gasteiger partial charge >= 0.3 is 0 Å². The Morgan fingerprint density at radius 1 is 0.522 bits per heavy atom. The lowest BCUT2D eigenvalue weighted by Crippen LogP contribution is -2.05. The van der Waals surface area contributed by atoms with E-state index in [-0.39, 0.29) is 6.10 Å². The van der Waals surface area contributed by atoms with Crippen molar-refractivity contribution in [1.82, 2.24) is 0 Å². The van der Waals surface area contributed by atoms with Gasteiger partial charge in [-0.05, 0) is 35.4 Å². The van der Waals surface area contributed by atoms with Crippen molar-refractivity contribution >= 4 is 0 Å². The van der Waals surface area contributed by atoms with Gasteiger partial charge in [-0.1, -0.05) is 0 Å². The van der Waals surface area contributed by atoms with Crippen molar-refractivity contribution in [2.24, 2.45) is 0 Å². The summed E-state index contributed by atoms with van der Waals surface area (Å²) in [6, 6.07) is 11.3. The molecular weight excluding hydrogens is 296 g/mol. The van der Waals surface area contributed by atoms with E-state index in [2.05, 4.69) is 0 Å². The molecule has 0 aliphatic rings. The van der Waals surface area contributed by atoms with Gasteiger partial charge in [0, 0.05) is 19.2 Å². The molecule has 0 N–H and O–H groups in total. The van der Waals surface area contributed by atoms with Crippen LogP contribution in [0.15, 0.2) is 36.4 Å². The van der Waals surface area contributed by atoms with Crippen LogP contribution in [0.2, 0.25) is 0 Å². The van der Waals surface area contributed by atoms with Crippen LogP contribution < -0.4 is 18.9 Å². The summed E-state index contributed by atoms with van der Waals surface area (Å²) < 4.78 is 27.0. The molecule has 2 aromatic rings. The summed E-state index contributed by atoms with van der Waals surface area (Å²) in [4.78, 5) is 0. The van der Waals surface area contributed by atoms with Gasteiger partial charge in [0.25, 0.3) is 0 Å². The van der Waals surface area contributed by atoms with E-state index in [1.807, 2.05) is 36.4 Å². The molecule has 23 heavy (non-hydrogen) atoms. The zero-order valence-electron chi connectivity index (χ0n) is 14.1. The topological polar surface area (TPSA) is 46.2 Å². The van der Waals surface area contributed by atoms with E-state index in [0.29, 0.717) is 23.0 Å². The second kappa shape index (κ2) is 7.74. The Morgan fingerprint density at radius 3 is 1.04 bits per heavy atom. The zero-order chi connectivity index (χ0) is 16.8. The van der Waals surface area contributed by atoms with Crippen molar-refractivity contribution in [1.29, 1.82) is 0 Å². The van der Waals surface area contributed by atoms with Gasteiger partial charge in [0.15, 0.2) is 0 Å². The fraction of sp³-hybridized carbons (Fsp3) is 0.333. The van der Waals surface area contributed by atoms with Crippen LogP contribution in [0.25, 0.3) is 0 Å². The molecule has 0 fully saturated rings. The minimum Gasteiger partial charge on any atom is -0.497 e. The highest BCUT2D eigenvalue weighted by Gasteiger charge is 2.18. The Hall–Kier alpha value is -2.40. The number of rotatable bonds is 7. The summed E-state index contributed by atoms with van der Waals surface area (Å²) in [5, 5.41) is 0. The first kappa shape index (κ1) is 17.0. The van der Waals surface area contributed by atoms with Gasteiger partial charge in [-0.2, -0.15) is 0 Å². The summed E-state index contributed by atoms with van der Waals surface area (Å²) >= 11 is 0. The third-order valence-corrected chi connectivity index (χ3v) is 3.59. The monoisotopic (exact) mass is 318 g/mol. The lowest BCUT2D eigenvalue weighted by Gasteiger charge is -2.19. The molecule has 0 aliphatic heterocycles. The summed E-state index contributed by atoms with van der Waals surface area (Å²) in [6.45, 7) is 0. The molecule has 2 aromatic carbocycles. The first-order chi connectivity index (χ1) is 11.1. The van der Waals surface area contributed by atoms with Crippen molar-refractivity contribution in [2.75, 3.05) is 35.5 Å². The molecule has 0 radical (unpaired) electrons. The van der Waals surface area contributed by atoms with E-state index in [1.165, 1.54) is 0 Å². The second-order valence-corrected chi connectivity index (χ2v) is 4.91. The van der Waals surface area contributed by atoms with Crippen molar-refractivity contribution in [2.45, 2.75) is 6.10 Å². The quantitative estimate of drug-likeness (QED) is 0.782. The summed E-state index contributed by atoms with van der Waals surface area (Å²) in [7, 11) is 8.14. The van der Waals surface area contributed by atoms with Gasteiger partial charge in [0.2, 0.25) is 0 Å². The summed E-state index contributed by atoms with van der Waals surface area (Å²) in [5.74, 6) is 2.82. The predicted octanol–water partition coefficient (Wildman–Crippen LogP) is 3.46. The molecule has 0 heterocycles. The van der Waals surface area contributed by atoms with Gasteiger partial charge < -0.3 is 23.7 Å². The maximum absolute atomic E-state index is 5.70. The molecule has 124 valence electrons. The molecule has 0 amide bonds. The number of benzene rings is 2. The van der Waals surface area contributed by atoms with Crippen molar-refractivity contribution in [3.8, 4) is 23.0 Å². The van der Waals surface area contributed by atoms with Gasteiger partial charge in [-0.25, -0.2) is 0 Å². The van der Waals surface area contributed by atoms with E-state index < -0.39 is 0 Å². The first-order valence-electron chi connectivity index (χ1n) is 7.13. The van der Waals surface area contributed by atoms with Crippen LogP contribution >= 0.6 is 0 Å². The minimum absolute atomic E-state index is 0.303. The van der Waals surface area contributed by atoms with Crippen molar-refractivity contribution < 1.29 is 23.7 Å². The standard InChI is InChI=1S/C18H22O5/c1-19-14-6-12(7-15(10-14)20-2)18(23-5)13-8-16(21-3)11-17(9-13)22-4/h6-11,18H,1-5H3. The first-order valence-corrected chi connectivity index (χ1v) is 7.13. The fourth-order valence-electron chi connectivity index (χ4n) is 2.43. The van der Waals surface area contributed by atoms with Crippen LogP contribution in [-0.4, -0.2) is 35.5 Å². The van der Waals surface area contributed by atoms with Gasteiger partial charge in [0.05, 0.1) is 28.4 Å². The smallest absolute Gasteiger partial charge is 0.122 e. The average Bonchev–Trinajstić information content (AvgIpc) is 2.61. The maximum Gasteiger partial charge on any atom is 0.122 e. The van der Waals surface area contributed by atoms with E-state index in [1.54, 1.807) is 35.5 Å². The summed E-state index contributed by atoms with van der Waals surface area (Å²) in [6.07, 6.45) is -0.303. The van der Waals surface area contributed by atoms with Gasteiger partial charge in [-0.3, -0.25) is 0 Å². The Kier molecular flexibility index (Phi) is 5.71. The van der Waals surface area contributed by atoms with Crippen LogP contribution in [0.1, 0.15) is 17.2 Å². The maximum atomic E-state index is 5.70. The van der Waals surface area contributed by atoms with Crippen LogP contribution in [0.3, 0.4) is 0 Å². The van der Waals surface area contributed by atoms with E-state index in [9.17, 15) is 0 Å². The highest BCUT2D eigenvalue weighted by Crippen LogP contribution is 2.35. The van der Waals surface area contributed by atoms with Crippen molar-refractivity contribution in [3.63, 3.8) is 0 Å². The largest absolute Gasteiger partial charge is 0.497 e. The molecule has 0 spiro atoms. The number of ether oxygens (including phenoxy) is 5. The molecule has 0 aliphatic carbocycles.